The van der Waals surface area contributed by atoms with Gasteiger partial charge in [-0.1, -0.05) is 0 Å². The molecule has 0 aliphatic heterocycles. The summed E-state index contributed by atoms with van der Waals surface area (Å²) >= 11 is 10.6. The Morgan fingerprint density at radius 1 is 1.00 bits per heavy atom. The van der Waals surface area contributed by atoms with Crippen LogP contribution in [0.2, 0.25) is 10.6 Å². The van der Waals surface area contributed by atoms with Crippen LogP contribution in [-0.4, -0.2) is 25.9 Å². The van der Waals surface area contributed by atoms with Gasteiger partial charge in [0, 0.05) is 0 Å². The molecule has 4 N–H and O–H groups in total. The summed E-state index contributed by atoms with van der Waals surface area (Å²) in [6, 6.07) is 0. The summed E-state index contributed by atoms with van der Waals surface area (Å²) in [6.07, 6.45) is 1.25. The van der Waals surface area contributed by atoms with Crippen LogP contribution in [-0.2, 0) is 0 Å². The van der Waals surface area contributed by atoms with Crippen LogP contribution in [0.3, 0.4) is 0 Å². The van der Waals surface area contributed by atoms with E-state index >= 15 is 0 Å². The molecular weight excluding hydrogens is 181 g/mol. The second-order valence-electron chi connectivity index (χ2n) is 1.02. The lowest BCUT2D eigenvalue weighted by molar-refractivity contribution is 0.823. The smallest absolute Gasteiger partial charge is 0.226 e. The highest BCUT2D eigenvalue weighted by Gasteiger charge is 1.89. The molecule has 0 aliphatic rings. The van der Waals surface area contributed by atoms with Gasteiger partial charge in [0.2, 0.25) is 10.6 Å². The normalized spacial score (nSPS) is 7.40. The van der Waals surface area contributed by atoms with Gasteiger partial charge < -0.3 is 11.0 Å². The summed E-state index contributed by atoms with van der Waals surface area (Å²) < 4.78 is 0. The highest BCUT2D eigenvalue weighted by atomic mass is 35.5. The molecule has 0 spiro atoms. The number of rotatable bonds is 0. The molecule has 0 bridgehead atoms. The van der Waals surface area contributed by atoms with Gasteiger partial charge in [-0.25, -0.2) is 9.97 Å². The molecule has 1 aromatic heterocycles. The maximum atomic E-state index is 5.30. The molecule has 0 amide bonds. The van der Waals surface area contributed by atoms with Gasteiger partial charge in [-0.05, 0) is 23.2 Å². The van der Waals surface area contributed by atoms with Crippen LogP contribution in [0, 0.1) is 0 Å². The predicted molar refractivity (Wildman–Crippen MR) is 37.1 cm³/mol. The van der Waals surface area contributed by atoms with Gasteiger partial charge in [-0.15, -0.1) is 0 Å². The topological polar surface area (TPSA) is 102 Å². The lowest BCUT2D eigenvalue weighted by atomic mass is 11.1. The minimum absolute atomic E-state index is 0. The first-order valence-electron chi connectivity index (χ1n) is 1.79. The highest BCUT2D eigenvalue weighted by molar-refractivity contribution is 6.30. The Morgan fingerprint density at radius 3 is 1.60 bits per heavy atom. The number of nitrogens with zero attached hydrogens (tertiary/aromatic N) is 3. The molecule has 0 unspecified atom stereocenters. The molecule has 0 radical (unpaired) electrons. The minimum atomic E-state index is 0. The summed E-state index contributed by atoms with van der Waals surface area (Å²) in [4.78, 5) is 10.5. The molecule has 0 saturated heterocycles. The second kappa shape index (κ2) is 5.31. The second-order valence-corrected chi connectivity index (χ2v) is 1.70. The Morgan fingerprint density at radius 2 is 1.40 bits per heavy atom. The van der Waals surface area contributed by atoms with Crippen molar-refractivity contribution in [3.63, 3.8) is 0 Å². The Bertz CT molecular complexity index is 180. The predicted octanol–water partition coefficient (Wildman–Crippen LogP) is -0.471. The molecule has 1 heterocycles. The average molecular weight is 186 g/mol. The van der Waals surface area contributed by atoms with E-state index in [1.165, 1.54) is 6.33 Å². The molecule has 0 saturated carbocycles. The number of halogens is 2. The number of aromatic nitrogens is 3. The maximum absolute atomic E-state index is 5.30. The van der Waals surface area contributed by atoms with Crippen molar-refractivity contribution in [1.82, 2.24) is 15.0 Å². The van der Waals surface area contributed by atoms with Gasteiger partial charge in [-0.3, -0.25) is 0 Å². The molecule has 0 fully saturated rings. The third-order valence-electron chi connectivity index (χ3n) is 0.513. The van der Waals surface area contributed by atoms with Crippen molar-refractivity contribution in [3.05, 3.63) is 16.9 Å². The van der Waals surface area contributed by atoms with E-state index < -0.39 is 0 Å². The Labute approximate surface area is 66.7 Å². The Kier molecular flexibility index (Phi) is 6.48. The molecule has 1 rings (SSSR count). The summed E-state index contributed by atoms with van der Waals surface area (Å²) in [5, 5.41) is 0.231. The third-order valence-corrected chi connectivity index (χ3v) is 0.877. The van der Waals surface area contributed by atoms with Crippen molar-refractivity contribution in [3.8, 4) is 0 Å². The van der Waals surface area contributed by atoms with E-state index in [0.717, 1.165) is 0 Å². The summed E-state index contributed by atoms with van der Waals surface area (Å²) in [5.74, 6) is 0. The van der Waals surface area contributed by atoms with Crippen LogP contribution in [0.15, 0.2) is 6.33 Å². The average Bonchev–Trinajstić information content (AvgIpc) is 1.64. The van der Waals surface area contributed by atoms with E-state index in [1.54, 1.807) is 0 Å². The zero-order valence-corrected chi connectivity index (χ0v) is 6.19. The summed E-state index contributed by atoms with van der Waals surface area (Å²) in [5.41, 5.74) is 0. The van der Waals surface area contributed by atoms with Gasteiger partial charge in [0.05, 0.1) is 0 Å². The first-order valence-corrected chi connectivity index (χ1v) is 2.54. The van der Waals surface area contributed by atoms with E-state index in [2.05, 4.69) is 15.0 Å². The largest absolute Gasteiger partial charge is 0.412 e. The van der Waals surface area contributed by atoms with Crippen LogP contribution in [0.5, 0.6) is 0 Å². The first kappa shape index (κ1) is 12.2. The lowest BCUT2D eigenvalue weighted by Gasteiger charge is -1.84. The summed E-state index contributed by atoms with van der Waals surface area (Å²) in [6.45, 7) is 0. The molecule has 1 aromatic rings. The minimum Gasteiger partial charge on any atom is -0.412 e. The van der Waals surface area contributed by atoms with E-state index in [9.17, 15) is 0 Å². The standard InChI is InChI=1S/C3HCl2N3.2H2O/c4-2-6-1-7-3(5)8-2;;/h1H;2*1H2. The summed E-state index contributed by atoms with van der Waals surface area (Å²) in [7, 11) is 0. The molecule has 5 nitrogen and oxygen atoms in total. The fourth-order valence-corrected chi connectivity index (χ4v) is 0.549. The quantitative estimate of drug-likeness (QED) is 0.546. The first-order chi connectivity index (χ1) is 3.79. The molecule has 7 heteroatoms. The zero-order chi connectivity index (χ0) is 5.98. The Balaban J connectivity index is 0. The maximum Gasteiger partial charge on any atom is 0.226 e. The van der Waals surface area contributed by atoms with Gasteiger partial charge in [0.25, 0.3) is 0 Å². The van der Waals surface area contributed by atoms with Crippen molar-refractivity contribution in [2.75, 3.05) is 0 Å². The van der Waals surface area contributed by atoms with Crippen LogP contribution in [0.4, 0.5) is 0 Å². The fraction of sp³-hybridized carbons (Fsp3) is 0. The molecule has 0 aliphatic carbocycles. The molecule has 0 aromatic carbocycles. The fourth-order valence-electron chi connectivity index (χ4n) is 0.258. The third kappa shape index (κ3) is 3.52. The highest BCUT2D eigenvalue weighted by Crippen LogP contribution is 2.00. The Hall–Kier alpha value is -0.490. The van der Waals surface area contributed by atoms with Gasteiger partial charge in [0.1, 0.15) is 6.33 Å². The van der Waals surface area contributed by atoms with Crippen molar-refractivity contribution in [1.29, 1.82) is 0 Å². The van der Waals surface area contributed by atoms with Crippen LogP contribution < -0.4 is 0 Å². The lowest BCUT2D eigenvalue weighted by Crippen LogP contribution is -1.83. The molecule has 0 atom stereocenters. The van der Waals surface area contributed by atoms with E-state index in [0.29, 0.717) is 0 Å². The van der Waals surface area contributed by atoms with Gasteiger partial charge in [0.15, 0.2) is 0 Å². The van der Waals surface area contributed by atoms with Crippen LogP contribution in [0.25, 0.3) is 0 Å². The monoisotopic (exact) mass is 185 g/mol. The van der Waals surface area contributed by atoms with Crippen LogP contribution >= 0.6 is 23.2 Å². The van der Waals surface area contributed by atoms with E-state index in [4.69, 9.17) is 23.2 Å². The van der Waals surface area contributed by atoms with E-state index in [1.807, 2.05) is 0 Å². The van der Waals surface area contributed by atoms with Crippen molar-refractivity contribution >= 4 is 23.2 Å². The van der Waals surface area contributed by atoms with Crippen molar-refractivity contribution in [2.24, 2.45) is 0 Å². The van der Waals surface area contributed by atoms with E-state index in [-0.39, 0.29) is 21.5 Å². The SMILES string of the molecule is Clc1ncnc(Cl)n1.O.O. The van der Waals surface area contributed by atoms with Crippen LogP contribution in [0.1, 0.15) is 0 Å². The molecule has 10 heavy (non-hydrogen) atoms. The number of hydrogen-bond acceptors (Lipinski definition) is 3. The van der Waals surface area contributed by atoms with Crippen molar-refractivity contribution < 1.29 is 11.0 Å². The zero-order valence-electron chi connectivity index (χ0n) is 4.67. The number of hydrogen-bond donors (Lipinski definition) is 0. The van der Waals surface area contributed by atoms with Gasteiger partial charge >= 0.3 is 0 Å². The van der Waals surface area contributed by atoms with Crippen molar-refractivity contribution in [2.45, 2.75) is 0 Å². The van der Waals surface area contributed by atoms with Gasteiger partial charge in [-0.2, -0.15) is 4.98 Å². The molecule has 58 valence electrons. The molecular formula is C3H5Cl2N3O2.